The Morgan fingerprint density at radius 1 is 0.840 bits per heavy atom. The molecule has 9 nitrogen and oxygen atoms in total. The van der Waals surface area contributed by atoms with Crippen LogP contribution in [-0.2, 0) is 32.6 Å². The molecule has 0 radical (unpaired) electrons. The van der Waals surface area contributed by atoms with Gasteiger partial charge in [-0.05, 0) is 60.9 Å². The standard InChI is InChI=1S/C38H41F2N3O6S/c1-48-35-22-21-32(24-36(35)49-2)50(46,47)43(31-19-17-29(39)18-20-31)26-37(44)42(25-28-13-9-10-16-33(28)40)34(23-27-11-5-3-6-12-27)38(45)41-30-14-7-4-8-15-30/h3,5-6,9-13,16-22,24,30,34H,4,7-8,14-15,23,25-26H2,1-2H3,(H,41,45)/t34-/m0/s1. The smallest absolute Gasteiger partial charge is 0.264 e. The molecule has 0 aliphatic heterocycles. The van der Waals surface area contributed by atoms with Gasteiger partial charge in [0.1, 0.15) is 24.2 Å². The van der Waals surface area contributed by atoms with Crippen molar-refractivity contribution in [3.05, 3.63) is 120 Å². The van der Waals surface area contributed by atoms with E-state index in [0.717, 1.165) is 54.1 Å². The van der Waals surface area contributed by atoms with E-state index in [4.69, 9.17) is 9.47 Å². The van der Waals surface area contributed by atoms with Crippen LogP contribution in [0.3, 0.4) is 0 Å². The lowest BCUT2D eigenvalue weighted by molar-refractivity contribution is -0.140. The maximum atomic E-state index is 15.2. The number of hydrogen-bond donors (Lipinski definition) is 1. The molecule has 0 spiro atoms. The molecule has 4 aromatic rings. The summed E-state index contributed by atoms with van der Waals surface area (Å²) in [7, 11) is -1.73. The summed E-state index contributed by atoms with van der Waals surface area (Å²) in [5.74, 6) is -1.93. The van der Waals surface area contributed by atoms with Crippen LogP contribution in [0.2, 0.25) is 0 Å². The highest BCUT2D eigenvalue weighted by Gasteiger charge is 2.36. The molecule has 2 amide bonds. The molecule has 4 aromatic carbocycles. The van der Waals surface area contributed by atoms with Gasteiger partial charge in [0.05, 0.1) is 24.8 Å². The lowest BCUT2D eigenvalue weighted by Crippen LogP contribution is -2.55. The third kappa shape index (κ3) is 8.78. The molecule has 1 aliphatic carbocycles. The number of sulfonamides is 1. The fourth-order valence-electron chi connectivity index (χ4n) is 6.15. The fraction of sp³-hybridized carbons (Fsp3) is 0.316. The Morgan fingerprint density at radius 3 is 2.16 bits per heavy atom. The van der Waals surface area contributed by atoms with Crippen molar-refractivity contribution in [3.63, 3.8) is 0 Å². The van der Waals surface area contributed by atoms with E-state index in [9.17, 15) is 22.4 Å². The maximum Gasteiger partial charge on any atom is 0.264 e. The van der Waals surface area contributed by atoms with E-state index in [1.807, 2.05) is 30.3 Å². The van der Waals surface area contributed by atoms with Crippen LogP contribution in [0.15, 0.2) is 102 Å². The lowest BCUT2D eigenvalue weighted by Gasteiger charge is -2.35. The molecule has 0 heterocycles. The molecule has 1 saturated carbocycles. The Hall–Kier alpha value is -4.97. The first kappa shape index (κ1) is 36.3. The van der Waals surface area contributed by atoms with E-state index < -0.39 is 46.1 Å². The Morgan fingerprint density at radius 2 is 1.50 bits per heavy atom. The minimum absolute atomic E-state index is 0.00615. The third-order valence-electron chi connectivity index (χ3n) is 8.86. The molecular formula is C38H41F2N3O6S. The number of nitrogens with one attached hydrogen (secondary N) is 1. The van der Waals surface area contributed by atoms with Crippen LogP contribution in [-0.4, -0.2) is 58.0 Å². The zero-order valence-corrected chi connectivity index (χ0v) is 28.9. The van der Waals surface area contributed by atoms with E-state index in [1.54, 1.807) is 6.07 Å². The summed E-state index contributed by atoms with van der Waals surface area (Å²) in [6.07, 6.45) is 4.70. The van der Waals surface area contributed by atoms with E-state index in [-0.39, 0.29) is 40.9 Å². The fourth-order valence-corrected chi connectivity index (χ4v) is 7.58. The SMILES string of the molecule is COc1ccc(S(=O)(=O)N(CC(=O)N(Cc2ccccc2F)[C@@H](Cc2ccccc2)C(=O)NC2CCCCC2)c2ccc(F)cc2)cc1OC. The largest absolute Gasteiger partial charge is 0.493 e. The molecule has 1 fully saturated rings. The highest BCUT2D eigenvalue weighted by atomic mass is 32.2. The van der Waals surface area contributed by atoms with E-state index in [0.29, 0.717) is 5.75 Å². The third-order valence-corrected chi connectivity index (χ3v) is 10.6. The Labute approximate surface area is 291 Å². The first-order valence-corrected chi connectivity index (χ1v) is 17.9. The van der Waals surface area contributed by atoms with Gasteiger partial charge in [-0.25, -0.2) is 17.2 Å². The molecule has 1 atom stereocenters. The second-order valence-corrected chi connectivity index (χ2v) is 14.0. The number of hydrogen-bond acceptors (Lipinski definition) is 6. The molecule has 50 heavy (non-hydrogen) atoms. The van der Waals surface area contributed by atoms with Crippen molar-refractivity contribution in [1.29, 1.82) is 0 Å². The van der Waals surface area contributed by atoms with E-state index in [1.165, 1.54) is 67.7 Å². The van der Waals surface area contributed by atoms with Crippen molar-refractivity contribution >= 4 is 27.5 Å². The van der Waals surface area contributed by atoms with Gasteiger partial charge in [0, 0.05) is 30.6 Å². The first-order valence-electron chi connectivity index (χ1n) is 16.5. The van der Waals surface area contributed by atoms with Gasteiger partial charge in [0.2, 0.25) is 11.8 Å². The van der Waals surface area contributed by atoms with Crippen LogP contribution in [0.25, 0.3) is 0 Å². The van der Waals surface area contributed by atoms with Gasteiger partial charge in [-0.15, -0.1) is 0 Å². The van der Waals surface area contributed by atoms with Crippen LogP contribution in [0.5, 0.6) is 11.5 Å². The number of amides is 2. The first-order chi connectivity index (χ1) is 24.1. The maximum absolute atomic E-state index is 15.2. The number of ether oxygens (including phenoxy) is 2. The molecule has 1 aliphatic rings. The second kappa shape index (κ2) is 16.6. The van der Waals surface area contributed by atoms with Crippen LogP contribution < -0.4 is 19.1 Å². The predicted molar refractivity (Wildman–Crippen MR) is 186 cm³/mol. The lowest BCUT2D eigenvalue weighted by atomic mass is 9.94. The number of benzene rings is 4. The molecule has 0 bridgehead atoms. The number of halogens is 2. The minimum Gasteiger partial charge on any atom is -0.493 e. The number of nitrogens with zero attached hydrogens (tertiary/aromatic N) is 2. The number of carbonyl (C=O) groups excluding carboxylic acids is 2. The van der Waals surface area contributed by atoms with Gasteiger partial charge in [-0.3, -0.25) is 13.9 Å². The van der Waals surface area contributed by atoms with Crippen molar-refractivity contribution in [3.8, 4) is 11.5 Å². The van der Waals surface area contributed by atoms with Crippen molar-refractivity contribution in [2.45, 2.75) is 62.0 Å². The van der Waals surface area contributed by atoms with Crippen LogP contribution in [0.1, 0.15) is 43.2 Å². The van der Waals surface area contributed by atoms with Crippen molar-refractivity contribution in [2.75, 3.05) is 25.1 Å². The second-order valence-electron chi connectivity index (χ2n) is 12.2. The summed E-state index contributed by atoms with van der Waals surface area (Å²) < 4.78 is 69.4. The van der Waals surface area contributed by atoms with Gasteiger partial charge in [-0.2, -0.15) is 0 Å². The van der Waals surface area contributed by atoms with Gasteiger partial charge in [0.25, 0.3) is 10.0 Å². The molecule has 5 rings (SSSR count). The minimum atomic E-state index is -4.51. The summed E-state index contributed by atoms with van der Waals surface area (Å²) >= 11 is 0. The van der Waals surface area contributed by atoms with Gasteiger partial charge >= 0.3 is 0 Å². The Kier molecular flexibility index (Phi) is 12.1. The number of anilines is 1. The molecule has 1 N–H and O–H groups in total. The molecule has 12 heteroatoms. The number of carbonyl (C=O) groups is 2. The van der Waals surface area contributed by atoms with Crippen molar-refractivity contribution in [1.82, 2.24) is 10.2 Å². The summed E-state index contributed by atoms with van der Waals surface area (Å²) in [6.45, 7) is -1.09. The molecule has 0 aromatic heterocycles. The van der Waals surface area contributed by atoms with Crippen LogP contribution >= 0.6 is 0 Å². The highest BCUT2D eigenvalue weighted by molar-refractivity contribution is 7.92. The predicted octanol–water partition coefficient (Wildman–Crippen LogP) is 6.27. The molecule has 0 unspecified atom stereocenters. The zero-order valence-electron chi connectivity index (χ0n) is 28.1. The molecular weight excluding hydrogens is 664 g/mol. The summed E-state index contributed by atoms with van der Waals surface area (Å²) in [5, 5.41) is 3.12. The highest BCUT2D eigenvalue weighted by Crippen LogP contribution is 2.33. The summed E-state index contributed by atoms with van der Waals surface area (Å²) in [5.41, 5.74) is 0.920. The average Bonchev–Trinajstić information content (AvgIpc) is 3.13. The molecule has 0 saturated heterocycles. The van der Waals surface area contributed by atoms with Crippen molar-refractivity contribution < 1.29 is 36.3 Å². The number of methoxy groups -OCH3 is 2. The van der Waals surface area contributed by atoms with E-state index >= 15 is 4.39 Å². The summed E-state index contributed by atoms with van der Waals surface area (Å²) in [4.78, 5) is 29.8. The summed E-state index contributed by atoms with van der Waals surface area (Å²) in [6, 6.07) is 22.5. The van der Waals surface area contributed by atoms with Gasteiger partial charge in [-0.1, -0.05) is 67.8 Å². The van der Waals surface area contributed by atoms with Crippen molar-refractivity contribution in [2.24, 2.45) is 0 Å². The van der Waals surface area contributed by atoms with Gasteiger partial charge in [0.15, 0.2) is 11.5 Å². The van der Waals surface area contributed by atoms with Crippen LogP contribution in [0, 0.1) is 11.6 Å². The van der Waals surface area contributed by atoms with Gasteiger partial charge < -0.3 is 19.7 Å². The topological polar surface area (TPSA) is 105 Å². The molecule has 264 valence electrons. The van der Waals surface area contributed by atoms with E-state index in [2.05, 4.69) is 5.32 Å². The normalized spacial score (nSPS) is 14.0. The van der Waals surface area contributed by atoms with Crippen LogP contribution in [0.4, 0.5) is 14.5 Å². The quantitative estimate of drug-likeness (QED) is 0.166. The number of rotatable bonds is 14. The zero-order chi connectivity index (χ0) is 35.7. The monoisotopic (exact) mass is 705 g/mol. The Balaban J connectivity index is 1.58. The average molecular weight is 706 g/mol. The Bertz CT molecular complexity index is 1870.